The lowest BCUT2D eigenvalue weighted by Crippen LogP contribution is -2.40. The van der Waals surface area contributed by atoms with E-state index in [4.69, 9.17) is 4.74 Å². The molecule has 2 aromatic carbocycles. The van der Waals surface area contributed by atoms with Gasteiger partial charge in [0.15, 0.2) is 0 Å². The molecule has 2 N–H and O–H groups in total. The molecule has 7 heteroatoms. The van der Waals surface area contributed by atoms with Crippen molar-refractivity contribution in [1.29, 1.82) is 0 Å². The van der Waals surface area contributed by atoms with Gasteiger partial charge >= 0.3 is 0 Å². The van der Waals surface area contributed by atoms with Crippen LogP contribution in [0, 0.1) is 0 Å². The number of rotatable bonds is 6. The highest BCUT2D eigenvalue weighted by molar-refractivity contribution is 7.92. The first-order valence-electron chi connectivity index (χ1n) is 8.29. The number of sulfonamides is 1. The van der Waals surface area contributed by atoms with Gasteiger partial charge in [-0.25, -0.2) is 8.42 Å². The predicted molar refractivity (Wildman–Crippen MR) is 102 cm³/mol. The maximum Gasteiger partial charge on any atom is 0.261 e. The second kappa shape index (κ2) is 7.78. The summed E-state index contributed by atoms with van der Waals surface area (Å²) >= 11 is 0. The Bertz CT molecular complexity index is 869. The van der Waals surface area contributed by atoms with E-state index in [1.807, 2.05) is 27.7 Å². The van der Waals surface area contributed by atoms with E-state index in [0.29, 0.717) is 18.0 Å². The first-order valence-corrected chi connectivity index (χ1v) is 9.77. The summed E-state index contributed by atoms with van der Waals surface area (Å²) in [5.74, 6) is 0.340. The molecule has 0 heterocycles. The van der Waals surface area contributed by atoms with Gasteiger partial charge in [-0.2, -0.15) is 0 Å². The summed E-state index contributed by atoms with van der Waals surface area (Å²) in [5, 5.41) is 2.81. The van der Waals surface area contributed by atoms with Crippen LogP contribution in [0.25, 0.3) is 0 Å². The highest BCUT2D eigenvalue weighted by atomic mass is 32.2. The van der Waals surface area contributed by atoms with E-state index in [0.717, 1.165) is 0 Å². The summed E-state index contributed by atoms with van der Waals surface area (Å²) in [6.45, 7) is 7.99. The average Bonchev–Trinajstić information content (AvgIpc) is 2.55. The van der Waals surface area contributed by atoms with Crippen molar-refractivity contribution in [2.75, 3.05) is 11.3 Å². The molecule has 0 spiro atoms. The summed E-state index contributed by atoms with van der Waals surface area (Å²) in [6, 6.07) is 12.6. The number of anilines is 1. The molecule has 140 valence electrons. The molecule has 2 rings (SSSR count). The molecule has 2 aromatic rings. The van der Waals surface area contributed by atoms with E-state index in [2.05, 4.69) is 10.0 Å². The van der Waals surface area contributed by atoms with Crippen molar-refractivity contribution in [3.63, 3.8) is 0 Å². The quantitative estimate of drug-likeness (QED) is 0.809. The van der Waals surface area contributed by atoms with Gasteiger partial charge in [0.1, 0.15) is 5.75 Å². The molecule has 0 fully saturated rings. The van der Waals surface area contributed by atoms with E-state index >= 15 is 0 Å². The second-order valence-electron chi connectivity index (χ2n) is 6.79. The molecule has 0 aliphatic rings. The Labute approximate surface area is 154 Å². The zero-order chi connectivity index (χ0) is 19.4. The van der Waals surface area contributed by atoms with Crippen LogP contribution in [0.2, 0.25) is 0 Å². The van der Waals surface area contributed by atoms with Crippen LogP contribution < -0.4 is 14.8 Å². The van der Waals surface area contributed by atoms with Crippen molar-refractivity contribution in [1.82, 2.24) is 5.32 Å². The molecule has 0 atom stereocenters. The molecule has 1 amide bonds. The van der Waals surface area contributed by atoms with Crippen LogP contribution in [0.15, 0.2) is 53.4 Å². The molecule has 0 radical (unpaired) electrons. The van der Waals surface area contributed by atoms with E-state index in [1.54, 1.807) is 36.4 Å². The van der Waals surface area contributed by atoms with Gasteiger partial charge in [-0.15, -0.1) is 0 Å². The van der Waals surface area contributed by atoms with Crippen LogP contribution in [-0.4, -0.2) is 26.5 Å². The first kappa shape index (κ1) is 19.8. The summed E-state index contributed by atoms with van der Waals surface area (Å²) < 4.78 is 33.0. The number of hydrogen-bond donors (Lipinski definition) is 2. The number of hydrogen-bond acceptors (Lipinski definition) is 4. The van der Waals surface area contributed by atoms with E-state index in [1.165, 1.54) is 12.1 Å². The van der Waals surface area contributed by atoms with Crippen LogP contribution in [0.4, 0.5) is 5.69 Å². The Morgan fingerprint density at radius 1 is 1.08 bits per heavy atom. The topological polar surface area (TPSA) is 84.5 Å². The zero-order valence-corrected chi connectivity index (χ0v) is 16.2. The summed E-state index contributed by atoms with van der Waals surface area (Å²) in [5.41, 5.74) is 0.291. The third-order valence-electron chi connectivity index (χ3n) is 3.31. The molecule has 6 nitrogen and oxygen atoms in total. The SMILES string of the molecule is CCOc1ccc(NS(=O)(=O)c2cccc(C(=O)NC(C)(C)C)c2)cc1. The first-order chi connectivity index (χ1) is 12.1. The Morgan fingerprint density at radius 3 is 2.31 bits per heavy atom. The van der Waals surface area contributed by atoms with Crippen LogP contribution in [0.1, 0.15) is 38.1 Å². The molecule has 0 saturated carbocycles. The molecule has 26 heavy (non-hydrogen) atoms. The van der Waals surface area contributed by atoms with E-state index in [-0.39, 0.29) is 16.4 Å². The number of benzene rings is 2. The zero-order valence-electron chi connectivity index (χ0n) is 15.4. The molecule has 0 saturated heterocycles. The normalized spacial score (nSPS) is 11.7. The Hall–Kier alpha value is -2.54. The van der Waals surface area contributed by atoms with Crippen molar-refractivity contribution < 1.29 is 17.9 Å². The molecular formula is C19H24N2O4S. The second-order valence-corrected chi connectivity index (χ2v) is 8.48. The van der Waals surface area contributed by atoms with Gasteiger partial charge in [0.05, 0.1) is 11.5 Å². The maximum atomic E-state index is 12.6. The largest absolute Gasteiger partial charge is 0.494 e. The average molecular weight is 376 g/mol. The highest BCUT2D eigenvalue weighted by Crippen LogP contribution is 2.20. The lowest BCUT2D eigenvalue weighted by atomic mass is 10.1. The molecular weight excluding hydrogens is 352 g/mol. The molecule has 0 aliphatic carbocycles. The fourth-order valence-electron chi connectivity index (χ4n) is 2.22. The summed E-state index contributed by atoms with van der Waals surface area (Å²) in [4.78, 5) is 12.3. The molecule has 0 bridgehead atoms. The van der Waals surface area contributed by atoms with E-state index in [9.17, 15) is 13.2 Å². The lowest BCUT2D eigenvalue weighted by Gasteiger charge is -2.20. The molecule has 0 aliphatic heterocycles. The van der Waals surface area contributed by atoms with Crippen LogP contribution in [0.3, 0.4) is 0 Å². The minimum absolute atomic E-state index is 0.0212. The minimum Gasteiger partial charge on any atom is -0.494 e. The van der Waals surface area contributed by atoms with Gasteiger partial charge in [-0.3, -0.25) is 9.52 Å². The van der Waals surface area contributed by atoms with Gasteiger partial charge < -0.3 is 10.1 Å². The van der Waals surface area contributed by atoms with Gasteiger partial charge in [-0.1, -0.05) is 6.07 Å². The molecule has 0 unspecified atom stereocenters. The smallest absolute Gasteiger partial charge is 0.261 e. The number of carbonyl (C=O) groups is 1. The fraction of sp³-hybridized carbons (Fsp3) is 0.316. The van der Waals surface area contributed by atoms with Gasteiger partial charge in [0.25, 0.3) is 15.9 Å². The summed E-state index contributed by atoms with van der Waals surface area (Å²) in [7, 11) is -3.81. The summed E-state index contributed by atoms with van der Waals surface area (Å²) in [6.07, 6.45) is 0. The van der Waals surface area contributed by atoms with Gasteiger partial charge in [0, 0.05) is 16.8 Å². The number of amides is 1. The molecule has 0 aromatic heterocycles. The fourth-order valence-corrected chi connectivity index (χ4v) is 3.32. The van der Waals surface area contributed by atoms with Crippen LogP contribution in [-0.2, 0) is 10.0 Å². The van der Waals surface area contributed by atoms with Gasteiger partial charge in [0.2, 0.25) is 0 Å². The van der Waals surface area contributed by atoms with Gasteiger partial charge in [-0.05, 0) is 70.2 Å². The lowest BCUT2D eigenvalue weighted by molar-refractivity contribution is 0.0919. The van der Waals surface area contributed by atoms with Crippen molar-refractivity contribution in [3.05, 3.63) is 54.1 Å². The third kappa shape index (κ3) is 5.49. The number of ether oxygens (including phenoxy) is 1. The number of nitrogens with one attached hydrogen (secondary N) is 2. The monoisotopic (exact) mass is 376 g/mol. The Morgan fingerprint density at radius 2 is 1.73 bits per heavy atom. The Balaban J connectivity index is 2.21. The van der Waals surface area contributed by atoms with Crippen LogP contribution in [0.5, 0.6) is 5.75 Å². The highest BCUT2D eigenvalue weighted by Gasteiger charge is 2.19. The minimum atomic E-state index is -3.81. The van der Waals surface area contributed by atoms with Crippen molar-refractivity contribution >= 4 is 21.6 Å². The predicted octanol–water partition coefficient (Wildman–Crippen LogP) is 3.41. The van der Waals surface area contributed by atoms with Crippen LogP contribution >= 0.6 is 0 Å². The van der Waals surface area contributed by atoms with Crippen molar-refractivity contribution in [2.24, 2.45) is 0 Å². The van der Waals surface area contributed by atoms with Crippen molar-refractivity contribution in [2.45, 2.75) is 38.1 Å². The third-order valence-corrected chi connectivity index (χ3v) is 4.69. The standard InChI is InChI=1S/C19H24N2O4S/c1-5-25-16-11-9-15(10-12-16)21-26(23,24)17-8-6-7-14(13-17)18(22)20-19(2,3)4/h6-13,21H,5H2,1-4H3,(H,20,22). The maximum absolute atomic E-state index is 12.6. The Kier molecular flexibility index (Phi) is 5.92. The number of carbonyl (C=O) groups excluding carboxylic acids is 1. The van der Waals surface area contributed by atoms with E-state index < -0.39 is 15.6 Å². The van der Waals surface area contributed by atoms with Crippen molar-refractivity contribution in [3.8, 4) is 5.75 Å².